The van der Waals surface area contributed by atoms with E-state index in [9.17, 15) is 14.0 Å². The zero-order chi connectivity index (χ0) is 22.5. The fourth-order valence-corrected chi connectivity index (χ4v) is 4.94. The van der Waals surface area contributed by atoms with E-state index >= 15 is 0 Å². The molecule has 0 spiro atoms. The highest BCUT2D eigenvalue weighted by Crippen LogP contribution is 2.34. The van der Waals surface area contributed by atoms with Gasteiger partial charge in [0, 0.05) is 24.5 Å². The molecule has 1 N–H and O–H groups in total. The summed E-state index contributed by atoms with van der Waals surface area (Å²) in [4.78, 5) is 30.8. The van der Waals surface area contributed by atoms with Gasteiger partial charge in [-0.1, -0.05) is 6.92 Å². The van der Waals surface area contributed by atoms with Gasteiger partial charge in [-0.05, 0) is 72.9 Å². The molecule has 1 fully saturated rings. The van der Waals surface area contributed by atoms with Crippen molar-refractivity contribution in [1.82, 2.24) is 15.1 Å². The van der Waals surface area contributed by atoms with Gasteiger partial charge < -0.3 is 19.9 Å². The molecule has 0 radical (unpaired) electrons. The zero-order valence-corrected chi connectivity index (χ0v) is 19.2. The summed E-state index contributed by atoms with van der Waals surface area (Å²) >= 11 is 1.69. The van der Waals surface area contributed by atoms with Crippen molar-refractivity contribution in [2.75, 3.05) is 32.8 Å². The zero-order valence-electron chi connectivity index (χ0n) is 18.4. The first-order chi connectivity index (χ1) is 15.5. The second kappa shape index (κ2) is 10.3. The van der Waals surface area contributed by atoms with E-state index in [4.69, 9.17) is 4.74 Å². The molecule has 3 amide bonds. The number of benzene rings is 1. The molecule has 1 atom stereocenters. The summed E-state index contributed by atoms with van der Waals surface area (Å²) in [5, 5.41) is 4.95. The molecule has 1 aromatic heterocycles. The third-order valence-electron chi connectivity index (χ3n) is 5.95. The lowest BCUT2D eigenvalue weighted by molar-refractivity contribution is -0.135. The number of ether oxygens (including phenoxy) is 1. The van der Waals surface area contributed by atoms with Crippen LogP contribution in [0.2, 0.25) is 0 Å². The number of thiophene rings is 1. The van der Waals surface area contributed by atoms with Gasteiger partial charge in [-0.3, -0.25) is 4.79 Å². The van der Waals surface area contributed by atoms with Crippen LogP contribution in [0.1, 0.15) is 42.7 Å². The normalized spacial score (nSPS) is 17.6. The molecule has 2 aromatic rings. The Kier molecular flexibility index (Phi) is 7.29. The molecule has 1 aliphatic carbocycles. The Morgan fingerprint density at radius 1 is 1.25 bits per heavy atom. The molecule has 8 heteroatoms. The van der Waals surface area contributed by atoms with E-state index in [1.54, 1.807) is 28.4 Å². The summed E-state index contributed by atoms with van der Waals surface area (Å²) in [7, 11) is 0. The molecule has 1 saturated carbocycles. The quantitative estimate of drug-likeness (QED) is 0.611. The monoisotopic (exact) mass is 459 g/mol. The predicted molar refractivity (Wildman–Crippen MR) is 122 cm³/mol. The van der Waals surface area contributed by atoms with E-state index < -0.39 is 0 Å². The first-order valence-electron chi connectivity index (χ1n) is 11.3. The smallest absolute Gasteiger partial charge is 0.317 e. The predicted octanol–water partition coefficient (Wildman–Crippen LogP) is 4.22. The van der Waals surface area contributed by atoms with Crippen molar-refractivity contribution >= 4 is 23.3 Å². The maximum absolute atomic E-state index is 13.4. The number of hydrogen-bond donors (Lipinski definition) is 1. The lowest BCUT2D eigenvalue weighted by Crippen LogP contribution is -2.50. The number of fused-ring (bicyclic) bond motifs is 1. The van der Waals surface area contributed by atoms with Gasteiger partial charge in [0.15, 0.2) is 0 Å². The van der Waals surface area contributed by atoms with Crippen LogP contribution in [0.5, 0.6) is 5.75 Å². The maximum Gasteiger partial charge on any atom is 0.317 e. The van der Waals surface area contributed by atoms with Crippen LogP contribution in [0.4, 0.5) is 9.18 Å². The first-order valence-corrected chi connectivity index (χ1v) is 12.2. The number of halogens is 1. The Labute approximate surface area is 192 Å². The molecule has 1 aliphatic heterocycles. The summed E-state index contributed by atoms with van der Waals surface area (Å²) in [6, 6.07) is 7.56. The lowest BCUT2D eigenvalue weighted by Gasteiger charge is -2.37. The third-order valence-corrected chi connectivity index (χ3v) is 6.95. The number of hydrogen-bond acceptors (Lipinski definition) is 4. The molecule has 2 aliphatic rings. The standard InChI is InChI=1S/C24H30FN3O3S/c1-2-11-26-24(30)27(14-17-3-4-17)15-23(29)28-12-9-22-20(10-13-32-22)21(28)16-31-19-7-5-18(25)6-8-19/h5-8,10,13,17,21H,2-4,9,11-12,14-16H2,1H3,(H,26,30)/t21-/m0/s1. The van der Waals surface area contributed by atoms with Crippen LogP contribution >= 0.6 is 11.3 Å². The van der Waals surface area contributed by atoms with Gasteiger partial charge in [-0.25, -0.2) is 9.18 Å². The summed E-state index contributed by atoms with van der Waals surface area (Å²) in [5.41, 5.74) is 1.10. The minimum absolute atomic E-state index is 0.0677. The van der Waals surface area contributed by atoms with Crippen molar-refractivity contribution in [2.45, 2.75) is 38.6 Å². The minimum Gasteiger partial charge on any atom is -0.491 e. The summed E-state index contributed by atoms with van der Waals surface area (Å²) in [6.45, 7) is 4.18. The van der Waals surface area contributed by atoms with Gasteiger partial charge in [-0.15, -0.1) is 11.3 Å². The maximum atomic E-state index is 13.4. The largest absolute Gasteiger partial charge is 0.491 e. The molecule has 0 unspecified atom stereocenters. The molecule has 32 heavy (non-hydrogen) atoms. The number of nitrogens with zero attached hydrogens (tertiary/aromatic N) is 2. The number of amides is 3. The number of carbonyl (C=O) groups excluding carboxylic acids is 2. The van der Waals surface area contributed by atoms with Crippen LogP contribution in [0, 0.1) is 11.7 Å². The summed E-state index contributed by atoms with van der Waals surface area (Å²) in [5.74, 6) is 0.680. The topological polar surface area (TPSA) is 61.9 Å². The molecule has 0 bridgehead atoms. The van der Waals surface area contributed by atoms with Crippen molar-refractivity contribution in [3.8, 4) is 5.75 Å². The van der Waals surface area contributed by atoms with Crippen molar-refractivity contribution in [2.24, 2.45) is 5.92 Å². The third kappa shape index (κ3) is 5.59. The molecule has 172 valence electrons. The Hall–Kier alpha value is -2.61. The molecule has 4 rings (SSSR count). The van der Waals surface area contributed by atoms with E-state index in [1.165, 1.54) is 17.0 Å². The minimum atomic E-state index is -0.316. The van der Waals surface area contributed by atoms with Crippen LogP contribution in [0.3, 0.4) is 0 Å². The van der Waals surface area contributed by atoms with Crippen LogP contribution in [0.25, 0.3) is 0 Å². The van der Waals surface area contributed by atoms with Crippen LogP contribution < -0.4 is 10.1 Å². The van der Waals surface area contributed by atoms with Gasteiger partial charge in [0.25, 0.3) is 0 Å². The second-order valence-electron chi connectivity index (χ2n) is 8.47. The molecular formula is C24H30FN3O3S. The Bertz CT molecular complexity index is 929. The highest BCUT2D eigenvalue weighted by Gasteiger charge is 2.35. The Morgan fingerprint density at radius 2 is 2.03 bits per heavy atom. The lowest BCUT2D eigenvalue weighted by atomic mass is 10.0. The Morgan fingerprint density at radius 3 is 2.75 bits per heavy atom. The molecular weight excluding hydrogens is 429 g/mol. The van der Waals surface area contributed by atoms with Crippen molar-refractivity contribution in [3.05, 3.63) is 52.0 Å². The fourth-order valence-electron chi connectivity index (χ4n) is 4.01. The summed E-state index contributed by atoms with van der Waals surface area (Å²) in [6.07, 6.45) is 3.88. The summed E-state index contributed by atoms with van der Waals surface area (Å²) < 4.78 is 19.2. The van der Waals surface area contributed by atoms with Crippen LogP contribution in [-0.2, 0) is 11.2 Å². The molecule has 0 saturated heterocycles. The highest BCUT2D eigenvalue weighted by molar-refractivity contribution is 7.10. The number of carbonyl (C=O) groups is 2. The fraction of sp³-hybridized carbons (Fsp3) is 0.500. The van der Waals surface area contributed by atoms with Crippen LogP contribution in [0.15, 0.2) is 35.7 Å². The SMILES string of the molecule is CCCNC(=O)N(CC(=O)N1CCc2sccc2[C@@H]1COc1ccc(F)cc1)CC1CC1. The molecule has 6 nitrogen and oxygen atoms in total. The van der Waals surface area contributed by atoms with E-state index in [-0.39, 0.29) is 36.9 Å². The first kappa shape index (κ1) is 22.6. The van der Waals surface area contributed by atoms with Gasteiger partial charge in [0.1, 0.15) is 24.7 Å². The van der Waals surface area contributed by atoms with Crippen molar-refractivity contribution < 1.29 is 18.7 Å². The van der Waals surface area contributed by atoms with E-state index in [0.717, 1.165) is 31.2 Å². The Balaban J connectivity index is 1.46. The van der Waals surface area contributed by atoms with Gasteiger partial charge in [-0.2, -0.15) is 0 Å². The van der Waals surface area contributed by atoms with E-state index in [0.29, 0.717) is 31.3 Å². The number of nitrogens with one attached hydrogen (secondary N) is 1. The van der Waals surface area contributed by atoms with Gasteiger partial charge in [0.05, 0.1) is 6.04 Å². The van der Waals surface area contributed by atoms with Gasteiger partial charge in [0.2, 0.25) is 5.91 Å². The van der Waals surface area contributed by atoms with Crippen molar-refractivity contribution in [1.29, 1.82) is 0 Å². The van der Waals surface area contributed by atoms with E-state index in [2.05, 4.69) is 5.32 Å². The average Bonchev–Trinajstić information content (AvgIpc) is 3.48. The highest BCUT2D eigenvalue weighted by atomic mass is 32.1. The van der Waals surface area contributed by atoms with Crippen molar-refractivity contribution in [3.63, 3.8) is 0 Å². The molecule has 1 aromatic carbocycles. The van der Waals surface area contributed by atoms with E-state index in [1.807, 2.05) is 23.3 Å². The second-order valence-corrected chi connectivity index (χ2v) is 9.47. The molecule has 2 heterocycles. The van der Waals surface area contributed by atoms with Crippen LogP contribution in [-0.4, -0.2) is 54.5 Å². The number of rotatable bonds is 9. The number of urea groups is 1. The average molecular weight is 460 g/mol. The van der Waals surface area contributed by atoms with Gasteiger partial charge >= 0.3 is 6.03 Å².